The topological polar surface area (TPSA) is 40.7 Å². The molecule has 0 saturated carbocycles. The number of halogens is 1. The molecule has 88 valence electrons. The van der Waals surface area contributed by atoms with E-state index in [1.54, 1.807) is 18.3 Å². The zero-order chi connectivity index (χ0) is 11.7. The molecule has 0 radical (unpaired) electrons. The van der Waals surface area contributed by atoms with Gasteiger partial charge in [-0.05, 0) is 37.1 Å². The molecule has 3 rings (SSSR count). The second-order valence-corrected chi connectivity index (χ2v) is 4.36. The smallest absolute Gasteiger partial charge is 0.123 e. The highest BCUT2D eigenvalue weighted by atomic mass is 19.1. The van der Waals surface area contributed by atoms with Crippen LogP contribution < -0.4 is 5.32 Å². The number of nitrogens with zero attached hydrogens (tertiary/aromatic N) is 1. The van der Waals surface area contributed by atoms with Gasteiger partial charge in [-0.1, -0.05) is 12.1 Å². The molecule has 1 aromatic heterocycles. The normalized spacial score (nSPS) is 19.7. The third-order valence-corrected chi connectivity index (χ3v) is 3.21. The molecule has 4 heteroatoms. The average molecular weight is 231 g/mol. The molecule has 1 aromatic carbocycles. The van der Waals surface area contributed by atoms with Crippen molar-refractivity contribution in [2.45, 2.75) is 18.9 Å². The third kappa shape index (κ3) is 1.96. The molecule has 0 amide bonds. The molecule has 17 heavy (non-hydrogen) atoms. The molecular weight excluding hydrogens is 217 g/mol. The van der Waals surface area contributed by atoms with Crippen molar-refractivity contribution in [2.24, 2.45) is 0 Å². The van der Waals surface area contributed by atoms with Gasteiger partial charge in [0.2, 0.25) is 0 Å². The fourth-order valence-corrected chi connectivity index (χ4v) is 2.38. The standard InChI is InChI=1S/C13H14FN3/c14-10-4-1-3-9(7-10)11-8-16-17-13(11)12-5-2-6-15-12/h1,3-4,7-8,12,15H,2,5-6H2,(H,16,17). The first-order valence-electron chi connectivity index (χ1n) is 5.87. The number of hydrogen-bond donors (Lipinski definition) is 2. The molecule has 3 nitrogen and oxygen atoms in total. The minimum Gasteiger partial charge on any atom is -0.309 e. The van der Waals surface area contributed by atoms with Crippen molar-refractivity contribution in [1.82, 2.24) is 15.5 Å². The van der Waals surface area contributed by atoms with Crippen molar-refractivity contribution in [1.29, 1.82) is 0 Å². The molecule has 2 aromatic rings. The minimum absolute atomic E-state index is 0.214. The van der Waals surface area contributed by atoms with Gasteiger partial charge in [0.25, 0.3) is 0 Å². The number of hydrogen-bond acceptors (Lipinski definition) is 2. The van der Waals surface area contributed by atoms with Crippen molar-refractivity contribution < 1.29 is 4.39 Å². The number of rotatable bonds is 2. The van der Waals surface area contributed by atoms with E-state index in [4.69, 9.17) is 0 Å². The van der Waals surface area contributed by atoms with Crippen molar-refractivity contribution in [3.8, 4) is 11.1 Å². The lowest BCUT2D eigenvalue weighted by Gasteiger charge is -2.10. The van der Waals surface area contributed by atoms with Crippen LogP contribution in [0.1, 0.15) is 24.6 Å². The molecule has 1 saturated heterocycles. The van der Waals surface area contributed by atoms with E-state index in [-0.39, 0.29) is 5.82 Å². The number of benzene rings is 1. The highest BCUT2D eigenvalue weighted by Crippen LogP contribution is 2.30. The maximum absolute atomic E-state index is 13.2. The summed E-state index contributed by atoms with van der Waals surface area (Å²) in [4.78, 5) is 0. The number of aromatic nitrogens is 2. The number of nitrogens with one attached hydrogen (secondary N) is 2. The molecule has 1 aliphatic rings. The summed E-state index contributed by atoms with van der Waals surface area (Å²) in [5.41, 5.74) is 2.93. The number of H-pyrrole nitrogens is 1. The minimum atomic E-state index is -0.214. The largest absolute Gasteiger partial charge is 0.309 e. The van der Waals surface area contributed by atoms with Gasteiger partial charge in [0, 0.05) is 11.6 Å². The quantitative estimate of drug-likeness (QED) is 0.834. The van der Waals surface area contributed by atoms with Crippen molar-refractivity contribution in [3.05, 3.63) is 42.0 Å². The van der Waals surface area contributed by atoms with Crippen LogP contribution in [0.5, 0.6) is 0 Å². The first-order valence-corrected chi connectivity index (χ1v) is 5.87. The van der Waals surface area contributed by atoms with Crippen LogP contribution in [0.3, 0.4) is 0 Å². The van der Waals surface area contributed by atoms with E-state index >= 15 is 0 Å². The van der Waals surface area contributed by atoms with Gasteiger partial charge in [-0.2, -0.15) is 5.10 Å². The summed E-state index contributed by atoms with van der Waals surface area (Å²) in [5, 5.41) is 10.5. The van der Waals surface area contributed by atoms with Crippen LogP contribution in [0.15, 0.2) is 30.5 Å². The molecular formula is C13H14FN3. The van der Waals surface area contributed by atoms with Crippen LogP contribution >= 0.6 is 0 Å². The first-order chi connectivity index (χ1) is 8.34. The molecule has 0 spiro atoms. The van der Waals surface area contributed by atoms with Gasteiger partial charge >= 0.3 is 0 Å². The Bertz CT molecular complexity index is 515. The fourth-order valence-electron chi connectivity index (χ4n) is 2.38. The summed E-state index contributed by atoms with van der Waals surface area (Å²) in [7, 11) is 0. The van der Waals surface area contributed by atoms with Gasteiger partial charge in [0.05, 0.1) is 11.9 Å². The monoisotopic (exact) mass is 231 g/mol. The molecule has 1 fully saturated rings. The summed E-state index contributed by atoms with van der Waals surface area (Å²) in [5.74, 6) is -0.214. The molecule has 1 atom stereocenters. The van der Waals surface area contributed by atoms with E-state index in [0.29, 0.717) is 6.04 Å². The second kappa shape index (κ2) is 4.30. The lowest BCUT2D eigenvalue weighted by atomic mass is 10.0. The lowest BCUT2D eigenvalue weighted by molar-refractivity contribution is 0.624. The Kier molecular flexibility index (Phi) is 2.65. The first kappa shape index (κ1) is 10.5. The molecule has 2 N–H and O–H groups in total. The lowest BCUT2D eigenvalue weighted by Crippen LogP contribution is -2.14. The van der Waals surface area contributed by atoms with Crippen molar-refractivity contribution in [3.63, 3.8) is 0 Å². The van der Waals surface area contributed by atoms with Crippen LogP contribution in [0.4, 0.5) is 4.39 Å². The Morgan fingerprint density at radius 2 is 2.29 bits per heavy atom. The van der Waals surface area contributed by atoms with Crippen LogP contribution in [0, 0.1) is 5.82 Å². The molecule has 0 aliphatic carbocycles. The van der Waals surface area contributed by atoms with E-state index in [9.17, 15) is 4.39 Å². The summed E-state index contributed by atoms with van der Waals surface area (Å²) < 4.78 is 13.2. The highest BCUT2D eigenvalue weighted by Gasteiger charge is 2.21. The van der Waals surface area contributed by atoms with E-state index in [2.05, 4.69) is 15.5 Å². The zero-order valence-corrected chi connectivity index (χ0v) is 9.41. The van der Waals surface area contributed by atoms with Gasteiger partial charge in [0.1, 0.15) is 5.82 Å². The summed E-state index contributed by atoms with van der Waals surface area (Å²) in [6.07, 6.45) is 4.04. The third-order valence-electron chi connectivity index (χ3n) is 3.21. The van der Waals surface area contributed by atoms with E-state index < -0.39 is 0 Å². The Morgan fingerprint density at radius 3 is 3.06 bits per heavy atom. The highest BCUT2D eigenvalue weighted by molar-refractivity contribution is 5.65. The van der Waals surface area contributed by atoms with E-state index in [1.165, 1.54) is 12.5 Å². The Labute approximate surface area is 99.1 Å². The molecule has 1 aliphatic heterocycles. The van der Waals surface area contributed by atoms with Gasteiger partial charge in [-0.3, -0.25) is 5.10 Å². The van der Waals surface area contributed by atoms with Crippen LogP contribution in [-0.2, 0) is 0 Å². The SMILES string of the molecule is Fc1cccc(-c2cn[nH]c2C2CCCN2)c1. The Morgan fingerprint density at radius 1 is 1.35 bits per heavy atom. The molecule has 0 bridgehead atoms. The zero-order valence-electron chi connectivity index (χ0n) is 9.41. The maximum atomic E-state index is 13.2. The Balaban J connectivity index is 2.00. The van der Waals surface area contributed by atoms with Gasteiger partial charge in [-0.15, -0.1) is 0 Å². The van der Waals surface area contributed by atoms with E-state index in [1.807, 2.05) is 6.07 Å². The Hall–Kier alpha value is -1.68. The molecule has 1 unspecified atom stereocenters. The van der Waals surface area contributed by atoms with Gasteiger partial charge in [-0.25, -0.2) is 4.39 Å². The molecule has 2 heterocycles. The van der Waals surface area contributed by atoms with Gasteiger partial charge < -0.3 is 5.32 Å². The average Bonchev–Trinajstić information content (AvgIpc) is 3.00. The summed E-state index contributed by atoms with van der Waals surface area (Å²) >= 11 is 0. The summed E-state index contributed by atoms with van der Waals surface area (Å²) in [6, 6.07) is 6.95. The summed E-state index contributed by atoms with van der Waals surface area (Å²) in [6.45, 7) is 1.03. The second-order valence-electron chi connectivity index (χ2n) is 4.36. The maximum Gasteiger partial charge on any atom is 0.123 e. The van der Waals surface area contributed by atoms with Crippen molar-refractivity contribution in [2.75, 3.05) is 6.54 Å². The van der Waals surface area contributed by atoms with Gasteiger partial charge in [0.15, 0.2) is 0 Å². The van der Waals surface area contributed by atoms with Crippen molar-refractivity contribution >= 4 is 0 Å². The number of aromatic amines is 1. The predicted octanol–water partition coefficient (Wildman–Crippen LogP) is 2.64. The van der Waals surface area contributed by atoms with Crippen LogP contribution in [-0.4, -0.2) is 16.7 Å². The predicted molar refractivity (Wildman–Crippen MR) is 64.0 cm³/mol. The van der Waals surface area contributed by atoms with Crippen LogP contribution in [0.25, 0.3) is 11.1 Å². The fraction of sp³-hybridized carbons (Fsp3) is 0.308. The van der Waals surface area contributed by atoms with Crippen LogP contribution in [0.2, 0.25) is 0 Å². The van der Waals surface area contributed by atoms with E-state index in [0.717, 1.165) is 29.8 Å².